The van der Waals surface area contributed by atoms with E-state index in [4.69, 9.17) is 4.74 Å². The first-order valence-electron chi connectivity index (χ1n) is 9.00. The largest absolute Gasteiger partial charge is 0.369 e. The predicted molar refractivity (Wildman–Crippen MR) is 77.9 cm³/mol. The molecule has 1 heteroatoms. The van der Waals surface area contributed by atoms with Crippen molar-refractivity contribution in [2.75, 3.05) is 0 Å². The smallest absolute Gasteiger partial charge is 0.0875 e. The molecule has 8 unspecified atom stereocenters. The van der Waals surface area contributed by atoms with Crippen molar-refractivity contribution in [1.29, 1.82) is 0 Å². The molecule has 0 aromatic heterocycles. The van der Waals surface area contributed by atoms with E-state index in [1.54, 1.807) is 19.3 Å². The Morgan fingerprint density at radius 1 is 0.842 bits per heavy atom. The van der Waals surface area contributed by atoms with Gasteiger partial charge in [-0.25, -0.2) is 0 Å². The lowest BCUT2D eigenvalue weighted by Crippen LogP contribution is -2.32. The zero-order valence-corrected chi connectivity index (χ0v) is 12.7. The highest BCUT2D eigenvalue weighted by Crippen LogP contribution is 2.70. The maximum Gasteiger partial charge on any atom is 0.0875 e. The highest BCUT2D eigenvalue weighted by Gasteiger charge is 2.69. The van der Waals surface area contributed by atoms with Crippen LogP contribution in [0, 0.1) is 35.5 Å². The standard InChI is InChI=1S/C13H18O.C5H12/c1-2-6-7(3-1)9-4-8(6)10-5-11-13(14-11)12(9)10;1-3-5-4-2/h6-13H,1-5H2;3-5H2,1-2H3. The van der Waals surface area contributed by atoms with Gasteiger partial charge in [0.2, 0.25) is 0 Å². The normalized spacial score (nSPS) is 55.3. The third-order valence-electron chi connectivity index (χ3n) is 7.02. The highest BCUT2D eigenvalue weighted by molar-refractivity contribution is 5.16. The molecule has 4 saturated carbocycles. The lowest BCUT2D eigenvalue weighted by atomic mass is 9.70. The van der Waals surface area contributed by atoms with Crippen LogP contribution in [0.2, 0.25) is 0 Å². The summed E-state index contributed by atoms with van der Waals surface area (Å²) in [7, 11) is 0. The number of epoxide rings is 1. The summed E-state index contributed by atoms with van der Waals surface area (Å²) in [6.07, 6.45) is 13.3. The van der Waals surface area contributed by atoms with Crippen LogP contribution in [-0.2, 0) is 4.74 Å². The van der Waals surface area contributed by atoms with Crippen LogP contribution >= 0.6 is 0 Å². The first kappa shape index (κ1) is 12.7. The summed E-state index contributed by atoms with van der Waals surface area (Å²) in [4.78, 5) is 0. The first-order valence-corrected chi connectivity index (χ1v) is 9.00. The van der Waals surface area contributed by atoms with Crippen molar-refractivity contribution in [3.8, 4) is 0 Å². The minimum atomic E-state index is 0.731. The molecular weight excluding hydrogens is 232 g/mol. The average molecular weight is 262 g/mol. The summed E-state index contributed by atoms with van der Waals surface area (Å²) >= 11 is 0. The molecule has 5 fully saturated rings. The van der Waals surface area contributed by atoms with Crippen molar-refractivity contribution < 1.29 is 4.74 Å². The van der Waals surface area contributed by atoms with Crippen molar-refractivity contribution in [2.24, 2.45) is 35.5 Å². The summed E-state index contributed by atoms with van der Waals surface area (Å²) in [5.41, 5.74) is 0. The van der Waals surface area contributed by atoms with E-state index in [0.717, 1.165) is 41.8 Å². The Kier molecular flexibility index (Phi) is 3.17. The topological polar surface area (TPSA) is 12.5 Å². The Hall–Kier alpha value is -0.0400. The lowest BCUT2D eigenvalue weighted by molar-refractivity contribution is 0.0817. The maximum absolute atomic E-state index is 5.77. The van der Waals surface area contributed by atoms with Gasteiger partial charge in [-0.15, -0.1) is 0 Å². The van der Waals surface area contributed by atoms with E-state index in [0.29, 0.717) is 0 Å². The molecule has 1 saturated heterocycles. The fourth-order valence-electron chi connectivity index (χ4n) is 6.41. The molecular formula is C18H30O. The van der Waals surface area contributed by atoms with Gasteiger partial charge >= 0.3 is 0 Å². The number of hydrogen-bond acceptors (Lipinski definition) is 1. The predicted octanol–water partition coefficient (Wildman–Crippen LogP) is 4.65. The molecule has 19 heavy (non-hydrogen) atoms. The van der Waals surface area contributed by atoms with E-state index in [2.05, 4.69) is 13.8 Å². The van der Waals surface area contributed by atoms with Gasteiger partial charge in [0.05, 0.1) is 12.2 Å². The third kappa shape index (κ3) is 1.83. The highest BCUT2D eigenvalue weighted by atomic mass is 16.6. The summed E-state index contributed by atoms with van der Waals surface area (Å²) in [6.45, 7) is 4.42. The van der Waals surface area contributed by atoms with Gasteiger partial charge in [0.25, 0.3) is 0 Å². The quantitative estimate of drug-likeness (QED) is 0.660. The minimum absolute atomic E-state index is 0.731. The molecule has 1 aliphatic heterocycles. The average Bonchev–Trinajstić information content (AvgIpc) is 2.84. The molecule has 8 atom stereocenters. The van der Waals surface area contributed by atoms with Gasteiger partial charge in [0, 0.05) is 0 Å². The van der Waals surface area contributed by atoms with Crippen LogP contribution in [0.3, 0.4) is 0 Å². The van der Waals surface area contributed by atoms with E-state index in [9.17, 15) is 0 Å². The Morgan fingerprint density at radius 3 is 2.21 bits per heavy atom. The zero-order chi connectivity index (χ0) is 13.0. The van der Waals surface area contributed by atoms with Gasteiger partial charge in [-0.2, -0.15) is 0 Å². The van der Waals surface area contributed by atoms with E-state index in [1.165, 1.54) is 38.0 Å². The summed E-state index contributed by atoms with van der Waals surface area (Å²) in [5.74, 6) is 6.71. The van der Waals surface area contributed by atoms with E-state index >= 15 is 0 Å². The minimum Gasteiger partial charge on any atom is -0.369 e. The molecule has 0 aromatic carbocycles. The number of rotatable bonds is 2. The van der Waals surface area contributed by atoms with Gasteiger partial charge in [-0.3, -0.25) is 0 Å². The number of hydrogen-bond donors (Lipinski definition) is 0. The summed E-state index contributed by atoms with van der Waals surface area (Å²) in [5, 5.41) is 0. The summed E-state index contributed by atoms with van der Waals surface area (Å²) in [6, 6.07) is 0. The molecule has 1 heterocycles. The molecule has 4 aliphatic carbocycles. The van der Waals surface area contributed by atoms with Crippen LogP contribution < -0.4 is 0 Å². The molecule has 0 N–H and O–H groups in total. The van der Waals surface area contributed by atoms with Gasteiger partial charge in [-0.1, -0.05) is 39.5 Å². The molecule has 0 radical (unpaired) electrons. The van der Waals surface area contributed by atoms with Crippen LogP contribution in [-0.4, -0.2) is 12.2 Å². The van der Waals surface area contributed by atoms with Gasteiger partial charge in [0.1, 0.15) is 0 Å². The van der Waals surface area contributed by atoms with Gasteiger partial charge in [0.15, 0.2) is 0 Å². The first-order chi connectivity index (χ1) is 9.35. The molecule has 5 rings (SSSR count). The fraction of sp³-hybridized carbons (Fsp3) is 1.00. The molecule has 0 spiro atoms. The summed E-state index contributed by atoms with van der Waals surface area (Å²) < 4.78 is 5.77. The van der Waals surface area contributed by atoms with Gasteiger partial charge in [-0.05, 0) is 61.2 Å². The van der Waals surface area contributed by atoms with Crippen LogP contribution in [0.4, 0.5) is 0 Å². The lowest BCUT2D eigenvalue weighted by Gasteiger charge is -2.35. The van der Waals surface area contributed by atoms with E-state index < -0.39 is 0 Å². The number of ether oxygens (including phenoxy) is 1. The monoisotopic (exact) mass is 262 g/mol. The zero-order valence-electron chi connectivity index (χ0n) is 12.7. The second kappa shape index (κ2) is 4.76. The van der Waals surface area contributed by atoms with Crippen LogP contribution in [0.1, 0.15) is 65.2 Å². The number of fused-ring (bicyclic) bond motifs is 10. The second-order valence-electron chi connectivity index (χ2n) is 7.79. The molecule has 0 aromatic rings. The van der Waals surface area contributed by atoms with Gasteiger partial charge < -0.3 is 4.74 Å². The van der Waals surface area contributed by atoms with E-state index in [1.807, 2.05) is 0 Å². The molecule has 5 aliphatic rings. The Labute approximate surface area is 118 Å². The second-order valence-corrected chi connectivity index (χ2v) is 7.79. The Balaban J connectivity index is 0.000000171. The van der Waals surface area contributed by atoms with Crippen LogP contribution in [0.5, 0.6) is 0 Å². The maximum atomic E-state index is 5.77. The van der Waals surface area contributed by atoms with Crippen molar-refractivity contribution >= 4 is 0 Å². The fourth-order valence-corrected chi connectivity index (χ4v) is 6.41. The molecule has 1 nitrogen and oxygen atoms in total. The third-order valence-corrected chi connectivity index (χ3v) is 7.02. The van der Waals surface area contributed by atoms with Crippen molar-refractivity contribution in [3.63, 3.8) is 0 Å². The van der Waals surface area contributed by atoms with Crippen molar-refractivity contribution in [1.82, 2.24) is 0 Å². The molecule has 108 valence electrons. The van der Waals surface area contributed by atoms with Crippen molar-refractivity contribution in [3.05, 3.63) is 0 Å². The van der Waals surface area contributed by atoms with Crippen LogP contribution in [0.25, 0.3) is 0 Å². The van der Waals surface area contributed by atoms with E-state index in [-0.39, 0.29) is 0 Å². The molecule has 2 bridgehead atoms. The number of unbranched alkanes of at least 4 members (excludes halogenated alkanes) is 2. The Morgan fingerprint density at radius 2 is 1.53 bits per heavy atom. The van der Waals surface area contributed by atoms with Crippen LogP contribution in [0.15, 0.2) is 0 Å². The SMILES string of the molecule is C1CC2C3CC(C2C1)C1C3CC2OC21.CCCCC. The molecule has 0 amide bonds. The Bertz CT molecular complexity index is 337. The van der Waals surface area contributed by atoms with Crippen molar-refractivity contribution in [2.45, 2.75) is 77.4 Å².